The third-order valence-electron chi connectivity index (χ3n) is 6.69. The van der Waals surface area contributed by atoms with E-state index < -0.39 is 0 Å². The second kappa shape index (κ2) is 11.0. The first-order valence-corrected chi connectivity index (χ1v) is 11.8. The number of fused-ring (bicyclic) bond motifs is 1. The number of hydrogen-bond acceptors (Lipinski definition) is 3. The summed E-state index contributed by atoms with van der Waals surface area (Å²) in [6, 6.07) is 4.37. The van der Waals surface area contributed by atoms with Gasteiger partial charge in [0, 0.05) is 17.9 Å². The Morgan fingerprint density at radius 3 is 2.40 bits per heavy atom. The summed E-state index contributed by atoms with van der Waals surface area (Å²) in [5.74, 6) is 1.34. The highest BCUT2D eigenvalue weighted by Crippen LogP contribution is 2.37. The molecule has 0 N–H and O–H groups in total. The minimum atomic E-state index is -0.0690. The number of Topliss-reactive ketones (excluding diaryl/α,β-unsaturated/α-hetero) is 3. The molecule has 1 aromatic rings. The molecule has 3 unspecified atom stereocenters. The van der Waals surface area contributed by atoms with Crippen LogP contribution in [0.4, 0.5) is 0 Å². The lowest BCUT2D eigenvalue weighted by Crippen LogP contribution is -2.30. The summed E-state index contributed by atoms with van der Waals surface area (Å²) >= 11 is 0. The Labute approximate surface area is 183 Å². The number of rotatable bonds is 11. The lowest BCUT2D eigenvalue weighted by molar-refractivity contribution is -0.129. The lowest BCUT2D eigenvalue weighted by Gasteiger charge is -2.32. The van der Waals surface area contributed by atoms with Crippen molar-refractivity contribution in [3.8, 4) is 0 Å². The average molecular weight is 413 g/mol. The molecule has 166 valence electrons. The van der Waals surface area contributed by atoms with Gasteiger partial charge in [-0.15, -0.1) is 0 Å². The molecule has 0 fully saturated rings. The Balaban J connectivity index is 2.20. The molecule has 0 saturated heterocycles. The van der Waals surface area contributed by atoms with Gasteiger partial charge < -0.3 is 0 Å². The molecule has 0 aliphatic heterocycles. The van der Waals surface area contributed by atoms with E-state index in [1.165, 1.54) is 18.1 Å². The summed E-state index contributed by atoms with van der Waals surface area (Å²) in [6.07, 6.45) is 6.21. The smallest absolute Gasteiger partial charge is 0.163 e. The molecule has 0 spiro atoms. The van der Waals surface area contributed by atoms with Crippen LogP contribution in [0.25, 0.3) is 0 Å². The van der Waals surface area contributed by atoms with Crippen molar-refractivity contribution < 1.29 is 14.4 Å². The average Bonchev–Trinajstić information content (AvgIpc) is 2.63. The maximum Gasteiger partial charge on any atom is 0.163 e. The number of carbonyl (C=O) groups is 3. The number of benzene rings is 1. The molecule has 1 aliphatic rings. The maximum absolute atomic E-state index is 13.1. The van der Waals surface area contributed by atoms with Gasteiger partial charge in [-0.05, 0) is 74.0 Å². The lowest BCUT2D eigenvalue weighted by atomic mass is 9.71. The molecule has 1 aliphatic carbocycles. The van der Waals surface area contributed by atoms with Crippen LogP contribution < -0.4 is 0 Å². The molecule has 0 amide bonds. The third-order valence-corrected chi connectivity index (χ3v) is 6.69. The number of carbonyl (C=O) groups excluding carboxylic acids is 3. The Kier molecular flexibility index (Phi) is 9.00. The number of ketones is 3. The van der Waals surface area contributed by atoms with Crippen molar-refractivity contribution in [3.05, 3.63) is 34.4 Å². The normalized spacial score (nSPS) is 18.2. The highest BCUT2D eigenvalue weighted by Gasteiger charge is 2.33. The molecule has 0 saturated carbocycles. The van der Waals surface area contributed by atoms with Crippen LogP contribution in [0, 0.1) is 30.6 Å². The zero-order valence-electron chi connectivity index (χ0n) is 19.8. The van der Waals surface area contributed by atoms with Gasteiger partial charge in [0.2, 0.25) is 0 Å². The monoisotopic (exact) mass is 412 g/mol. The molecule has 0 aromatic heterocycles. The van der Waals surface area contributed by atoms with Crippen LogP contribution in [0.2, 0.25) is 0 Å². The van der Waals surface area contributed by atoms with Gasteiger partial charge in [-0.3, -0.25) is 14.4 Å². The first-order chi connectivity index (χ1) is 14.2. The van der Waals surface area contributed by atoms with E-state index in [9.17, 15) is 14.4 Å². The van der Waals surface area contributed by atoms with Crippen molar-refractivity contribution >= 4 is 17.3 Å². The fraction of sp³-hybridized carbons (Fsp3) is 0.667. The fourth-order valence-corrected chi connectivity index (χ4v) is 5.43. The van der Waals surface area contributed by atoms with Gasteiger partial charge in [0.15, 0.2) is 5.78 Å². The molecule has 3 nitrogen and oxygen atoms in total. The molecule has 3 heteroatoms. The van der Waals surface area contributed by atoms with Gasteiger partial charge >= 0.3 is 0 Å². The van der Waals surface area contributed by atoms with E-state index in [2.05, 4.69) is 39.8 Å². The van der Waals surface area contributed by atoms with Crippen LogP contribution in [0.15, 0.2) is 12.1 Å². The summed E-state index contributed by atoms with van der Waals surface area (Å²) in [4.78, 5) is 37.3. The van der Waals surface area contributed by atoms with E-state index in [4.69, 9.17) is 0 Å². The van der Waals surface area contributed by atoms with Crippen molar-refractivity contribution in [1.29, 1.82) is 0 Å². The molecular formula is C27H40O3. The van der Waals surface area contributed by atoms with E-state index in [-0.39, 0.29) is 41.5 Å². The van der Waals surface area contributed by atoms with Crippen molar-refractivity contribution in [1.82, 2.24) is 0 Å². The van der Waals surface area contributed by atoms with Crippen molar-refractivity contribution in [3.63, 3.8) is 0 Å². The first kappa shape index (κ1) is 24.5. The van der Waals surface area contributed by atoms with Crippen LogP contribution in [-0.4, -0.2) is 17.3 Å². The summed E-state index contributed by atoms with van der Waals surface area (Å²) < 4.78 is 0. The first-order valence-electron chi connectivity index (χ1n) is 11.8. The molecule has 0 bridgehead atoms. The van der Waals surface area contributed by atoms with Gasteiger partial charge in [-0.2, -0.15) is 0 Å². The molecule has 2 rings (SSSR count). The van der Waals surface area contributed by atoms with E-state index >= 15 is 0 Å². The minimum Gasteiger partial charge on any atom is -0.300 e. The standard InChI is InChI=1S/C27H40O3/c1-7-9-22(24(8-2)25(29)13-18(5)28)14-20-15-23-11-10-21(12-17(3)4)19(6)27(23)26(30)16-20/h10-11,17,20,22,24H,7-9,12-16H2,1-6H3. The second-order valence-corrected chi connectivity index (χ2v) is 9.82. The van der Waals surface area contributed by atoms with Crippen molar-refractivity contribution in [2.75, 3.05) is 0 Å². The molecule has 30 heavy (non-hydrogen) atoms. The van der Waals surface area contributed by atoms with E-state index in [0.717, 1.165) is 49.7 Å². The maximum atomic E-state index is 13.1. The fourth-order valence-electron chi connectivity index (χ4n) is 5.43. The molecular weight excluding hydrogens is 372 g/mol. The number of hydrogen-bond donors (Lipinski definition) is 0. The molecule has 0 radical (unpaired) electrons. The minimum absolute atomic E-state index is 0.0446. The predicted octanol–water partition coefficient (Wildman–Crippen LogP) is 6.32. The van der Waals surface area contributed by atoms with Gasteiger partial charge in [0.25, 0.3) is 0 Å². The molecule has 1 aromatic carbocycles. The Bertz CT molecular complexity index is 775. The second-order valence-electron chi connectivity index (χ2n) is 9.82. The Morgan fingerprint density at radius 2 is 1.83 bits per heavy atom. The zero-order chi connectivity index (χ0) is 22.4. The SMILES string of the molecule is CCCC(CC1CC(=O)c2c(ccc(CC(C)C)c2C)C1)C(CC)C(=O)CC(C)=O. The van der Waals surface area contributed by atoms with E-state index in [1.54, 1.807) is 0 Å². The third kappa shape index (κ3) is 6.12. The highest BCUT2D eigenvalue weighted by molar-refractivity contribution is 6.00. The topological polar surface area (TPSA) is 51.2 Å². The Morgan fingerprint density at radius 1 is 1.13 bits per heavy atom. The van der Waals surface area contributed by atoms with Crippen LogP contribution in [0.1, 0.15) is 100 Å². The molecule has 0 heterocycles. The summed E-state index contributed by atoms with van der Waals surface area (Å²) in [7, 11) is 0. The highest BCUT2D eigenvalue weighted by atomic mass is 16.1. The van der Waals surface area contributed by atoms with Gasteiger partial charge in [-0.1, -0.05) is 52.7 Å². The van der Waals surface area contributed by atoms with Crippen LogP contribution >= 0.6 is 0 Å². The van der Waals surface area contributed by atoms with Crippen LogP contribution in [0.5, 0.6) is 0 Å². The Hall–Kier alpha value is -1.77. The molecule has 3 atom stereocenters. The predicted molar refractivity (Wildman–Crippen MR) is 123 cm³/mol. The van der Waals surface area contributed by atoms with Gasteiger partial charge in [-0.25, -0.2) is 0 Å². The van der Waals surface area contributed by atoms with E-state index in [1.807, 2.05) is 6.92 Å². The summed E-state index contributed by atoms with van der Waals surface area (Å²) in [5, 5.41) is 0. The van der Waals surface area contributed by atoms with Gasteiger partial charge in [0.1, 0.15) is 11.6 Å². The summed E-state index contributed by atoms with van der Waals surface area (Å²) in [6.45, 7) is 12.2. The summed E-state index contributed by atoms with van der Waals surface area (Å²) in [5.41, 5.74) is 4.59. The quantitative estimate of drug-likeness (QED) is 0.400. The van der Waals surface area contributed by atoms with E-state index in [0.29, 0.717) is 12.3 Å². The zero-order valence-corrected chi connectivity index (χ0v) is 19.8. The van der Waals surface area contributed by atoms with Crippen molar-refractivity contribution in [2.24, 2.45) is 23.7 Å². The van der Waals surface area contributed by atoms with Crippen LogP contribution in [-0.2, 0) is 22.4 Å². The van der Waals surface area contributed by atoms with Crippen molar-refractivity contribution in [2.45, 2.75) is 92.9 Å². The van der Waals surface area contributed by atoms with Crippen LogP contribution in [0.3, 0.4) is 0 Å². The van der Waals surface area contributed by atoms with Gasteiger partial charge in [0.05, 0.1) is 6.42 Å². The largest absolute Gasteiger partial charge is 0.300 e.